The molecule has 1 heterocycles. The van der Waals surface area contributed by atoms with Crippen LogP contribution < -0.4 is 5.73 Å². The van der Waals surface area contributed by atoms with Crippen molar-refractivity contribution in [1.82, 2.24) is 4.90 Å². The van der Waals surface area contributed by atoms with Gasteiger partial charge in [-0.2, -0.15) is 0 Å². The number of hydrogen-bond donors (Lipinski definition) is 1. The quantitative estimate of drug-likeness (QED) is 0.898. The van der Waals surface area contributed by atoms with E-state index in [0.717, 1.165) is 12.5 Å². The van der Waals surface area contributed by atoms with E-state index in [-0.39, 0.29) is 12.4 Å². The van der Waals surface area contributed by atoms with Crippen molar-refractivity contribution in [3.8, 4) is 0 Å². The molecule has 2 N–H and O–H groups in total. The largest absolute Gasteiger partial charge is 0.330 e. The molecule has 0 bridgehead atoms. The highest BCUT2D eigenvalue weighted by Gasteiger charge is 2.20. The average Bonchev–Trinajstić information content (AvgIpc) is 2.40. The maximum Gasteiger partial charge on any atom is 0.00477 e. The molecule has 108 valence electrons. The van der Waals surface area contributed by atoms with Crippen LogP contribution in [-0.4, -0.2) is 31.1 Å². The lowest BCUT2D eigenvalue weighted by atomic mass is 9.93. The van der Waals surface area contributed by atoms with E-state index in [0.29, 0.717) is 5.92 Å². The third-order valence-corrected chi connectivity index (χ3v) is 4.08. The van der Waals surface area contributed by atoms with Gasteiger partial charge in [-0.3, -0.25) is 0 Å². The molecule has 0 amide bonds. The first-order chi connectivity index (χ1) is 8.79. The van der Waals surface area contributed by atoms with E-state index in [4.69, 9.17) is 5.73 Å². The van der Waals surface area contributed by atoms with Gasteiger partial charge >= 0.3 is 0 Å². The molecule has 2 nitrogen and oxygen atoms in total. The van der Waals surface area contributed by atoms with E-state index in [1.165, 1.54) is 44.5 Å². The first kappa shape index (κ1) is 16.5. The molecule has 1 aromatic rings. The van der Waals surface area contributed by atoms with Crippen LogP contribution in [0, 0.1) is 5.92 Å². The highest BCUT2D eigenvalue weighted by Crippen LogP contribution is 2.22. The summed E-state index contributed by atoms with van der Waals surface area (Å²) in [6.07, 6.45) is 3.90. The van der Waals surface area contributed by atoms with Gasteiger partial charge in [0.05, 0.1) is 0 Å². The lowest BCUT2D eigenvalue weighted by Crippen LogP contribution is -2.38. The molecule has 1 fully saturated rings. The zero-order chi connectivity index (χ0) is 12.8. The number of piperidine rings is 1. The molecular formula is C16H27ClN2. The summed E-state index contributed by atoms with van der Waals surface area (Å²) in [6, 6.07) is 10.9. The fraction of sp³-hybridized carbons (Fsp3) is 0.625. The molecule has 19 heavy (non-hydrogen) atoms. The summed E-state index contributed by atoms with van der Waals surface area (Å²) in [5, 5.41) is 0. The minimum Gasteiger partial charge on any atom is -0.330 e. The molecule has 3 heteroatoms. The van der Waals surface area contributed by atoms with Crippen LogP contribution in [0.25, 0.3) is 0 Å². The van der Waals surface area contributed by atoms with Crippen molar-refractivity contribution < 1.29 is 0 Å². The predicted octanol–water partition coefficient (Wildman–Crippen LogP) is 3.27. The van der Waals surface area contributed by atoms with Crippen molar-refractivity contribution >= 4 is 12.4 Å². The van der Waals surface area contributed by atoms with Gasteiger partial charge in [-0.15, -0.1) is 12.4 Å². The van der Waals surface area contributed by atoms with Crippen molar-refractivity contribution in [2.45, 2.75) is 32.1 Å². The summed E-state index contributed by atoms with van der Waals surface area (Å²) in [5.41, 5.74) is 7.14. The maximum atomic E-state index is 5.68. The van der Waals surface area contributed by atoms with Crippen molar-refractivity contribution in [2.75, 3.05) is 26.2 Å². The first-order valence-corrected chi connectivity index (χ1v) is 7.27. The Kier molecular flexibility index (Phi) is 7.44. The molecule has 0 aliphatic carbocycles. The normalized spacial score (nSPS) is 21.7. The van der Waals surface area contributed by atoms with Gasteiger partial charge in [0.1, 0.15) is 0 Å². The SMILES string of the molecule is CC(CN1CCCC(CCN)C1)c1ccccc1.Cl. The van der Waals surface area contributed by atoms with Crippen LogP contribution in [-0.2, 0) is 0 Å². The number of likely N-dealkylation sites (tertiary alicyclic amines) is 1. The van der Waals surface area contributed by atoms with Gasteiger partial charge in [0.2, 0.25) is 0 Å². The van der Waals surface area contributed by atoms with Crippen LogP contribution in [0.2, 0.25) is 0 Å². The monoisotopic (exact) mass is 282 g/mol. The third-order valence-electron chi connectivity index (χ3n) is 4.08. The van der Waals surface area contributed by atoms with E-state index < -0.39 is 0 Å². The van der Waals surface area contributed by atoms with Crippen molar-refractivity contribution in [2.24, 2.45) is 11.7 Å². The summed E-state index contributed by atoms with van der Waals surface area (Å²) in [4.78, 5) is 2.63. The third kappa shape index (κ3) is 5.13. The topological polar surface area (TPSA) is 29.3 Å². The molecule has 0 saturated carbocycles. The van der Waals surface area contributed by atoms with Crippen LogP contribution >= 0.6 is 12.4 Å². The molecule has 2 atom stereocenters. The Morgan fingerprint density at radius 3 is 2.74 bits per heavy atom. The zero-order valence-corrected chi connectivity index (χ0v) is 12.7. The van der Waals surface area contributed by atoms with E-state index in [2.05, 4.69) is 42.2 Å². The van der Waals surface area contributed by atoms with Crippen molar-refractivity contribution in [3.05, 3.63) is 35.9 Å². The lowest BCUT2D eigenvalue weighted by Gasteiger charge is -2.34. The Morgan fingerprint density at radius 1 is 1.32 bits per heavy atom. The van der Waals surface area contributed by atoms with Crippen LogP contribution in [0.1, 0.15) is 37.7 Å². The second kappa shape index (κ2) is 8.57. The van der Waals surface area contributed by atoms with Gasteiger partial charge in [0.25, 0.3) is 0 Å². The Hall–Kier alpha value is -0.570. The van der Waals surface area contributed by atoms with Crippen molar-refractivity contribution in [3.63, 3.8) is 0 Å². The molecule has 0 spiro atoms. The van der Waals surface area contributed by atoms with E-state index in [1.807, 2.05) is 0 Å². The molecule has 1 aliphatic rings. The van der Waals surface area contributed by atoms with Crippen LogP contribution in [0.4, 0.5) is 0 Å². The molecule has 2 rings (SSSR count). The number of benzene rings is 1. The van der Waals surface area contributed by atoms with Gasteiger partial charge in [-0.25, -0.2) is 0 Å². The summed E-state index contributed by atoms with van der Waals surface area (Å²) in [5.74, 6) is 1.45. The molecule has 1 aromatic carbocycles. The van der Waals surface area contributed by atoms with E-state index >= 15 is 0 Å². The average molecular weight is 283 g/mol. The zero-order valence-electron chi connectivity index (χ0n) is 11.9. The maximum absolute atomic E-state index is 5.68. The summed E-state index contributed by atoms with van der Waals surface area (Å²) < 4.78 is 0. The lowest BCUT2D eigenvalue weighted by molar-refractivity contribution is 0.163. The Labute approximate surface area is 123 Å². The fourth-order valence-corrected chi connectivity index (χ4v) is 3.06. The van der Waals surface area contributed by atoms with E-state index in [9.17, 15) is 0 Å². The number of hydrogen-bond acceptors (Lipinski definition) is 2. The van der Waals surface area contributed by atoms with Crippen molar-refractivity contribution in [1.29, 1.82) is 0 Å². The smallest absolute Gasteiger partial charge is 0.00477 e. The van der Waals surface area contributed by atoms with Gasteiger partial charge in [-0.05, 0) is 49.8 Å². The molecule has 2 unspecified atom stereocenters. The van der Waals surface area contributed by atoms with Crippen LogP contribution in [0.5, 0.6) is 0 Å². The first-order valence-electron chi connectivity index (χ1n) is 7.27. The number of nitrogens with two attached hydrogens (primary N) is 1. The van der Waals surface area contributed by atoms with Gasteiger partial charge in [0, 0.05) is 13.1 Å². The minimum absolute atomic E-state index is 0. The summed E-state index contributed by atoms with van der Waals surface area (Å²) in [6.45, 7) is 6.87. The highest BCUT2D eigenvalue weighted by molar-refractivity contribution is 5.85. The molecule has 1 aliphatic heterocycles. The molecule has 1 saturated heterocycles. The molecular weight excluding hydrogens is 256 g/mol. The predicted molar refractivity (Wildman–Crippen MR) is 84.9 cm³/mol. The second-order valence-corrected chi connectivity index (χ2v) is 5.66. The number of nitrogens with zero attached hydrogens (tertiary/aromatic N) is 1. The number of halogens is 1. The fourth-order valence-electron chi connectivity index (χ4n) is 3.06. The minimum atomic E-state index is 0. The van der Waals surface area contributed by atoms with Gasteiger partial charge in [0.15, 0.2) is 0 Å². The molecule has 0 aromatic heterocycles. The summed E-state index contributed by atoms with van der Waals surface area (Å²) in [7, 11) is 0. The highest BCUT2D eigenvalue weighted by atomic mass is 35.5. The summed E-state index contributed by atoms with van der Waals surface area (Å²) >= 11 is 0. The standard InChI is InChI=1S/C16H26N2.ClH/c1-14(16-7-3-2-4-8-16)12-18-11-5-6-15(13-18)9-10-17;/h2-4,7-8,14-15H,5-6,9-13,17H2,1H3;1H. The van der Waals surface area contributed by atoms with Gasteiger partial charge < -0.3 is 10.6 Å². The van der Waals surface area contributed by atoms with Crippen LogP contribution in [0.3, 0.4) is 0 Å². The Balaban J connectivity index is 0.00000180. The second-order valence-electron chi connectivity index (χ2n) is 5.66. The van der Waals surface area contributed by atoms with E-state index in [1.54, 1.807) is 0 Å². The molecule has 0 radical (unpaired) electrons. The number of rotatable bonds is 5. The Bertz CT molecular complexity index is 340. The van der Waals surface area contributed by atoms with Gasteiger partial charge in [-0.1, -0.05) is 37.3 Å². The Morgan fingerprint density at radius 2 is 2.05 bits per heavy atom. The van der Waals surface area contributed by atoms with Crippen LogP contribution in [0.15, 0.2) is 30.3 Å².